The average Bonchev–Trinajstić information content (AvgIpc) is 3.89. The van der Waals surface area contributed by atoms with Gasteiger partial charge in [-0.1, -0.05) is 208 Å². The molecule has 0 aliphatic heterocycles. The first-order chi connectivity index (χ1) is 35.0. The second-order valence-corrected chi connectivity index (χ2v) is 19.2. The molecule has 2 aromatic heterocycles. The molecule has 0 radical (unpaired) electrons. The summed E-state index contributed by atoms with van der Waals surface area (Å²) in [6.45, 7) is 4.70. The molecule has 2 heterocycles. The van der Waals surface area contributed by atoms with Crippen molar-refractivity contribution >= 4 is 38.9 Å². The van der Waals surface area contributed by atoms with Crippen LogP contribution < -0.4 is 4.90 Å². The van der Waals surface area contributed by atoms with E-state index in [1.54, 1.807) is 0 Å². The SMILES string of the molecule is CC1(C)c2ccccc2-c2ccc(N(c3ccc(-c4ccccc4)cc3)c3ccc(-c4ccc(-c5ccc6c(c5)c5cc(-c7ccccc7)nc(-c7ccccc7)c5n6-c5ccccc5)cc4)cc3)cc21. The van der Waals surface area contributed by atoms with E-state index in [1.807, 2.05) is 0 Å². The fourth-order valence-corrected chi connectivity index (χ4v) is 11.0. The zero-order valence-electron chi connectivity index (χ0n) is 39.7. The number of rotatable bonds is 9. The molecular weight excluding hydrogens is 859 g/mol. The highest BCUT2D eigenvalue weighted by Gasteiger charge is 2.35. The van der Waals surface area contributed by atoms with Crippen molar-refractivity contribution in [1.29, 1.82) is 0 Å². The van der Waals surface area contributed by atoms with Crippen molar-refractivity contribution in [1.82, 2.24) is 9.55 Å². The number of hydrogen-bond acceptors (Lipinski definition) is 2. The highest BCUT2D eigenvalue weighted by molar-refractivity contribution is 6.15. The molecule has 0 saturated heterocycles. The molecule has 10 aromatic carbocycles. The van der Waals surface area contributed by atoms with E-state index in [-0.39, 0.29) is 5.41 Å². The summed E-state index contributed by atoms with van der Waals surface area (Å²) in [5.74, 6) is 0. The number of anilines is 3. The van der Waals surface area contributed by atoms with Crippen molar-refractivity contribution < 1.29 is 0 Å². The van der Waals surface area contributed by atoms with Gasteiger partial charge >= 0.3 is 0 Å². The van der Waals surface area contributed by atoms with Crippen molar-refractivity contribution in [2.75, 3.05) is 4.90 Å². The van der Waals surface area contributed by atoms with Crippen LogP contribution in [0.3, 0.4) is 0 Å². The van der Waals surface area contributed by atoms with Gasteiger partial charge < -0.3 is 9.47 Å². The van der Waals surface area contributed by atoms with E-state index >= 15 is 0 Å². The van der Waals surface area contributed by atoms with Crippen LogP contribution >= 0.6 is 0 Å². The molecule has 3 heteroatoms. The average molecular weight is 908 g/mol. The summed E-state index contributed by atoms with van der Waals surface area (Å²) in [6.07, 6.45) is 0. The summed E-state index contributed by atoms with van der Waals surface area (Å²) in [5, 5.41) is 2.36. The Bertz CT molecular complexity index is 3890. The molecule has 0 spiro atoms. The molecule has 12 aromatic rings. The first kappa shape index (κ1) is 42.1. The lowest BCUT2D eigenvalue weighted by molar-refractivity contribution is 0.660. The van der Waals surface area contributed by atoms with Gasteiger partial charge in [0.15, 0.2) is 0 Å². The number of fused-ring (bicyclic) bond motifs is 6. The Morgan fingerprint density at radius 3 is 1.44 bits per heavy atom. The molecule has 0 unspecified atom stereocenters. The number of hydrogen-bond donors (Lipinski definition) is 0. The summed E-state index contributed by atoms with van der Waals surface area (Å²) in [6, 6.07) is 94.5. The van der Waals surface area contributed by atoms with Crippen molar-refractivity contribution in [2.45, 2.75) is 19.3 Å². The quantitative estimate of drug-likeness (QED) is 0.144. The maximum atomic E-state index is 5.40. The Morgan fingerprint density at radius 1 is 0.352 bits per heavy atom. The van der Waals surface area contributed by atoms with Gasteiger partial charge in [0, 0.05) is 50.1 Å². The van der Waals surface area contributed by atoms with Gasteiger partial charge in [-0.3, -0.25) is 0 Å². The molecule has 3 nitrogen and oxygen atoms in total. The summed E-state index contributed by atoms with van der Waals surface area (Å²) < 4.78 is 2.39. The van der Waals surface area contributed by atoms with Gasteiger partial charge in [0.1, 0.15) is 0 Å². The Labute approximate surface area is 415 Å². The molecule has 0 amide bonds. The summed E-state index contributed by atoms with van der Waals surface area (Å²) >= 11 is 0. The molecule has 1 aliphatic rings. The molecule has 0 bridgehead atoms. The minimum Gasteiger partial charge on any atom is -0.310 e. The van der Waals surface area contributed by atoms with Gasteiger partial charge in [-0.25, -0.2) is 4.98 Å². The van der Waals surface area contributed by atoms with Crippen molar-refractivity contribution in [3.05, 3.63) is 272 Å². The van der Waals surface area contributed by atoms with Crippen LogP contribution in [-0.4, -0.2) is 9.55 Å². The number of aromatic nitrogens is 2. The highest BCUT2D eigenvalue weighted by atomic mass is 15.1. The Balaban J connectivity index is 0.872. The van der Waals surface area contributed by atoms with E-state index in [2.05, 4.69) is 284 Å². The number of nitrogens with zero attached hydrogens (tertiary/aromatic N) is 3. The van der Waals surface area contributed by atoms with Gasteiger partial charge in [0.2, 0.25) is 0 Å². The lowest BCUT2D eigenvalue weighted by Gasteiger charge is -2.28. The van der Waals surface area contributed by atoms with Crippen molar-refractivity contribution in [3.8, 4) is 72.7 Å². The lowest BCUT2D eigenvalue weighted by Crippen LogP contribution is -2.16. The van der Waals surface area contributed by atoms with Crippen LogP contribution in [0.5, 0.6) is 0 Å². The third kappa shape index (κ3) is 7.33. The van der Waals surface area contributed by atoms with Crippen LogP contribution in [0.15, 0.2) is 261 Å². The molecule has 13 rings (SSSR count). The third-order valence-corrected chi connectivity index (χ3v) is 14.6. The van der Waals surface area contributed by atoms with Gasteiger partial charge in [0.05, 0.1) is 22.4 Å². The molecule has 0 atom stereocenters. The molecule has 0 saturated carbocycles. The Morgan fingerprint density at radius 2 is 0.817 bits per heavy atom. The maximum Gasteiger partial charge on any atom is 0.0956 e. The lowest BCUT2D eigenvalue weighted by atomic mass is 9.82. The first-order valence-corrected chi connectivity index (χ1v) is 24.5. The van der Waals surface area contributed by atoms with Crippen LogP contribution in [0.25, 0.3) is 94.5 Å². The molecule has 0 N–H and O–H groups in total. The van der Waals surface area contributed by atoms with Crippen molar-refractivity contribution in [3.63, 3.8) is 0 Å². The second-order valence-electron chi connectivity index (χ2n) is 19.2. The van der Waals surface area contributed by atoms with Gasteiger partial charge in [-0.2, -0.15) is 0 Å². The molecular formula is C68H49N3. The monoisotopic (exact) mass is 907 g/mol. The van der Waals surface area contributed by atoms with Crippen LogP contribution in [0.2, 0.25) is 0 Å². The molecule has 0 fully saturated rings. The van der Waals surface area contributed by atoms with E-state index in [0.29, 0.717) is 0 Å². The zero-order valence-corrected chi connectivity index (χ0v) is 39.7. The largest absolute Gasteiger partial charge is 0.310 e. The molecule has 336 valence electrons. The van der Waals surface area contributed by atoms with E-state index in [0.717, 1.165) is 56.3 Å². The van der Waals surface area contributed by atoms with Crippen molar-refractivity contribution in [2.24, 2.45) is 0 Å². The topological polar surface area (TPSA) is 21.1 Å². The van der Waals surface area contributed by atoms with Crippen LogP contribution in [-0.2, 0) is 5.41 Å². The van der Waals surface area contributed by atoms with Crippen LogP contribution in [0.1, 0.15) is 25.0 Å². The fraction of sp³-hybridized carbons (Fsp3) is 0.0441. The van der Waals surface area contributed by atoms with Gasteiger partial charge in [-0.15, -0.1) is 0 Å². The Kier molecular flexibility index (Phi) is 10.2. The summed E-state index contributed by atoms with van der Waals surface area (Å²) in [7, 11) is 0. The van der Waals surface area contributed by atoms with Crippen LogP contribution in [0, 0.1) is 0 Å². The van der Waals surface area contributed by atoms with E-state index in [9.17, 15) is 0 Å². The summed E-state index contributed by atoms with van der Waals surface area (Å²) in [4.78, 5) is 7.80. The number of pyridine rings is 1. The normalized spacial score (nSPS) is 12.5. The first-order valence-electron chi connectivity index (χ1n) is 24.5. The predicted molar refractivity (Wildman–Crippen MR) is 298 cm³/mol. The molecule has 1 aliphatic carbocycles. The minimum absolute atomic E-state index is 0.108. The minimum atomic E-state index is -0.108. The number of benzene rings is 10. The van der Waals surface area contributed by atoms with E-state index < -0.39 is 0 Å². The third-order valence-electron chi connectivity index (χ3n) is 14.6. The zero-order chi connectivity index (χ0) is 47.5. The van der Waals surface area contributed by atoms with E-state index in [1.165, 1.54) is 66.4 Å². The molecule has 71 heavy (non-hydrogen) atoms. The van der Waals surface area contributed by atoms with Gasteiger partial charge in [-0.05, 0) is 122 Å². The van der Waals surface area contributed by atoms with E-state index in [4.69, 9.17) is 4.98 Å². The Hall–Kier alpha value is -9.05. The maximum absolute atomic E-state index is 5.40. The summed E-state index contributed by atoms with van der Waals surface area (Å²) in [5.41, 5.74) is 23.2. The number of para-hydroxylation sites is 1. The van der Waals surface area contributed by atoms with Crippen LogP contribution in [0.4, 0.5) is 17.1 Å². The highest BCUT2D eigenvalue weighted by Crippen LogP contribution is 2.51. The predicted octanol–water partition coefficient (Wildman–Crippen LogP) is 18.3. The van der Waals surface area contributed by atoms with Gasteiger partial charge in [0.25, 0.3) is 0 Å². The smallest absolute Gasteiger partial charge is 0.0956 e. The fourth-order valence-electron chi connectivity index (χ4n) is 11.0. The standard InChI is InChI=1S/C68H49N3/c1-68(2)62-26-16-15-25-58(62)59-41-40-57(44-63(59)68)70(55-36-31-48(32-37-55)46-17-7-3-8-18-46)56-38-33-49(34-39-56)47-27-29-50(30-28-47)53-35-42-65-60(43-53)61-45-64(51-19-9-4-10-20-51)69-66(52-21-11-5-12-22-52)67(61)71(65)54-23-13-6-14-24-54/h3-45H,1-2H3. The second kappa shape index (κ2) is 17.2.